The Labute approximate surface area is 111 Å². The normalized spacial score (nSPS) is 13.1. The maximum atomic E-state index is 6.23. The van der Waals surface area contributed by atoms with E-state index in [0.717, 1.165) is 28.0 Å². The van der Waals surface area contributed by atoms with Gasteiger partial charge in [0.15, 0.2) is 0 Å². The number of hydrogen-bond donors (Lipinski definition) is 1. The van der Waals surface area contributed by atoms with Crippen LogP contribution in [0.25, 0.3) is 0 Å². The van der Waals surface area contributed by atoms with Gasteiger partial charge in [0, 0.05) is 15.5 Å². The lowest BCUT2D eigenvalue weighted by Gasteiger charge is -2.20. The predicted octanol–water partition coefficient (Wildman–Crippen LogP) is 3.31. The number of nitrogens with one attached hydrogen (secondary N) is 1. The molecule has 0 saturated carbocycles. The zero-order chi connectivity index (χ0) is 12.1. The highest BCUT2D eigenvalue weighted by Gasteiger charge is 2.12. The molecule has 1 atom stereocenters. The largest absolute Gasteiger partial charge is 0.313 e. The topological polar surface area (TPSA) is 15.3 Å². The standard InChI is InChI=1S/C12H18BrClN2/c1-15-12(6-7-16(2)3)10-5-4-9(13)8-11(10)14/h4-5,8,12,15H,6-7H2,1-3H3. The number of nitrogens with zero attached hydrogens (tertiary/aromatic N) is 1. The van der Waals surface area contributed by atoms with Gasteiger partial charge in [-0.3, -0.25) is 0 Å². The van der Waals surface area contributed by atoms with Gasteiger partial charge in [0.1, 0.15) is 0 Å². The van der Waals surface area contributed by atoms with E-state index in [0.29, 0.717) is 6.04 Å². The summed E-state index contributed by atoms with van der Waals surface area (Å²) in [6.07, 6.45) is 1.05. The van der Waals surface area contributed by atoms with E-state index in [1.54, 1.807) is 0 Å². The maximum absolute atomic E-state index is 6.23. The molecule has 0 saturated heterocycles. The fourth-order valence-electron chi connectivity index (χ4n) is 1.63. The van der Waals surface area contributed by atoms with Crippen molar-refractivity contribution in [2.45, 2.75) is 12.5 Å². The summed E-state index contributed by atoms with van der Waals surface area (Å²) in [4.78, 5) is 2.18. The third-order valence-corrected chi connectivity index (χ3v) is 3.37. The molecule has 0 radical (unpaired) electrons. The second kappa shape index (κ2) is 6.60. The van der Waals surface area contributed by atoms with E-state index in [1.807, 2.05) is 19.2 Å². The van der Waals surface area contributed by atoms with E-state index < -0.39 is 0 Å². The van der Waals surface area contributed by atoms with E-state index in [-0.39, 0.29) is 0 Å². The molecule has 1 N–H and O–H groups in total. The number of hydrogen-bond acceptors (Lipinski definition) is 2. The molecule has 0 fully saturated rings. The van der Waals surface area contributed by atoms with Crippen molar-refractivity contribution in [1.82, 2.24) is 10.2 Å². The Morgan fingerprint density at radius 3 is 2.62 bits per heavy atom. The van der Waals surface area contributed by atoms with Crippen molar-refractivity contribution < 1.29 is 0 Å². The summed E-state index contributed by atoms with van der Waals surface area (Å²) >= 11 is 9.65. The lowest BCUT2D eigenvalue weighted by Crippen LogP contribution is -2.23. The molecule has 1 unspecified atom stereocenters. The number of halogens is 2. The maximum Gasteiger partial charge on any atom is 0.0465 e. The van der Waals surface area contributed by atoms with Crippen LogP contribution in [0.3, 0.4) is 0 Å². The van der Waals surface area contributed by atoms with Crippen molar-refractivity contribution in [3.8, 4) is 0 Å². The highest BCUT2D eigenvalue weighted by Crippen LogP contribution is 2.28. The second-order valence-corrected chi connectivity index (χ2v) is 5.42. The zero-order valence-electron chi connectivity index (χ0n) is 9.93. The minimum Gasteiger partial charge on any atom is -0.313 e. The van der Waals surface area contributed by atoms with Crippen LogP contribution in [0.5, 0.6) is 0 Å². The monoisotopic (exact) mass is 304 g/mol. The lowest BCUT2D eigenvalue weighted by molar-refractivity contribution is 0.368. The minimum absolute atomic E-state index is 0.308. The molecule has 0 aromatic heterocycles. The molecule has 4 heteroatoms. The molecule has 1 aromatic rings. The molecule has 0 amide bonds. The van der Waals surface area contributed by atoms with Crippen LogP contribution in [-0.2, 0) is 0 Å². The van der Waals surface area contributed by atoms with Crippen LogP contribution in [-0.4, -0.2) is 32.6 Å². The Bertz CT molecular complexity index is 342. The predicted molar refractivity (Wildman–Crippen MR) is 74.1 cm³/mol. The van der Waals surface area contributed by atoms with Crippen molar-refractivity contribution in [3.05, 3.63) is 33.3 Å². The highest BCUT2D eigenvalue weighted by molar-refractivity contribution is 9.10. The Morgan fingerprint density at radius 1 is 1.44 bits per heavy atom. The average Bonchev–Trinajstić information content (AvgIpc) is 2.21. The van der Waals surface area contributed by atoms with Gasteiger partial charge in [-0.15, -0.1) is 0 Å². The van der Waals surface area contributed by atoms with Crippen LogP contribution < -0.4 is 5.32 Å². The van der Waals surface area contributed by atoms with Gasteiger partial charge in [-0.05, 0) is 51.8 Å². The van der Waals surface area contributed by atoms with Crippen molar-refractivity contribution in [2.24, 2.45) is 0 Å². The summed E-state index contributed by atoms with van der Waals surface area (Å²) in [6, 6.07) is 6.35. The zero-order valence-corrected chi connectivity index (χ0v) is 12.3. The van der Waals surface area contributed by atoms with Crippen LogP contribution in [0.15, 0.2) is 22.7 Å². The fraction of sp³-hybridized carbons (Fsp3) is 0.500. The Kier molecular flexibility index (Phi) is 5.76. The smallest absolute Gasteiger partial charge is 0.0465 e. The van der Waals surface area contributed by atoms with Gasteiger partial charge in [-0.25, -0.2) is 0 Å². The van der Waals surface area contributed by atoms with Gasteiger partial charge in [0.25, 0.3) is 0 Å². The van der Waals surface area contributed by atoms with Crippen LogP contribution in [0.1, 0.15) is 18.0 Å². The molecule has 0 aliphatic heterocycles. The van der Waals surface area contributed by atoms with Crippen LogP contribution in [0, 0.1) is 0 Å². The van der Waals surface area contributed by atoms with Crippen molar-refractivity contribution in [3.63, 3.8) is 0 Å². The molecule has 0 aliphatic rings. The quantitative estimate of drug-likeness (QED) is 0.898. The number of rotatable bonds is 5. The Hall–Kier alpha value is -0.0900. The van der Waals surface area contributed by atoms with Crippen molar-refractivity contribution >= 4 is 27.5 Å². The second-order valence-electron chi connectivity index (χ2n) is 4.10. The van der Waals surface area contributed by atoms with Crippen LogP contribution in [0.2, 0.25) is 5.02 Å². The summed E-state index contributed by atoms with van der Waals surface area (Å²) in [6.45, 7) is 1.04. The van der Waals surface area contributed by atoms with Gasteiger partial charge >= 0.3 is 0 Å². The third kappa shape index (κ3) is 4.06. The van der Waals surface area contributed by atoms with E-state index in [9.17, 15) is 0 Å². The van der Waals surface area contributed by atoms with Gasteiger partial charge in [-0.1, -0.05) is 33.6 Å². The Balaban J connectivity index is 2.78. The molecule has 0 aliphatic carbocycles. The van der Waals surface area contributed by atoms with E-state index in [2.05, 4.69) is 46.3 Å². The highest BCUT2D eigenvalue weighted by atomic mass is 79.9. The van der Waals surface area contributed by atoms with E-state index >= 15 is 0 Å². The van der Waals surface area contributed by atoms with Gasteiger partial charge in [0.2, 0.25) is 0 Å². The van der Waals surface area contributed by atoms with Gasteiger partial charge < -0.3 is 10.2 Å². The molecule has 0 heterocycles. The molecule has 0 spiro atoms. The molecule has 2 nitrogen and oxygen atoms in total. The summed E-state index contributed by atoms with van der Waals surface area (Å²) in [5.74, 6) is 0. The SMILES string of the molecule is CNC(CCN(C)C)c1ccc(Br)cc1Cl. The molecule has 1 aromatic carbocycles. The van der Waals surface area contributed by atoms with Gasteiger partial charge in [-0.2, -0.15) is 0 Å². The first-order chi connectivity index (χ1) is 7.54. The molecular weight excluding hydrogens is 288 g/mol. The minimum atomic E-state index is 0.308. The van der Waals surface area contributed by atoms with Crippen LogP contribution in [0.4, 0.5) is 0 Å². The average molecular weight is 306 g/mol. The molecule has 0 bridgehead atoms. The first kappa shape index (κ1) is 14.0. The van der Waals surface area contributed by atoms with Crippen molar-refractivity contribution in [1.29, 1.82) is 0 Å². The molecular formula is C12H18BrClN2. The summed E-state index contributed by atoms with van der Waals surface area (Å²) in [7, 11) is 6.13. The first-order valence-electron chi connectivity index (χ1n) is 5.31. The lowest BCUT2D eigenvalue weighted by atomic mass is 10.0. The fourth-order valence-corrected chi connectivity index (χ4v) is 2.43. The first-order valence-corrected chi connectivity index (χ1v) is 6.48. The summed E-state index contributed by atoms with van der Waals surface area (Å²) < 4.78 is 1.02. The van der Waals surface area contributed by atoms with Gasteiger partial charge in [0.05, 0.1) is 0 Å². The third-order valence-electron chi connectivity index (χ3n) is 2.55. The Morgan fingerprint density at radius 2 is 2.12 bits per heavy atom. The van der Waals surface area contributed by atoms with E-state index in [1.165, 1.54) is 0 Å². The molecule has 1 rings (SSSR count). The number of benzene rings is 1. The summed E-state index contributed by atoms with van der Waals surface area (Å²) in [5.41, 5.74) is 1.16. The summed E-state index contributed by atoms with van der Waals surface area (Å²) in [5, 5.41) is 4.12. The molecule has 16 heavy (non-hydrogen) atoms. The van der Waals surface area contributed by atoms with E-state index in [4.69, 9.17) is 11.6 Å². The van der Waals surface area contributed by atoms with Crippen molar-refractivity contribution in [2.75, 3.05) is 27.7 Å². The molecule has 90 valence electrons. The van der Waals surface area contributed by atoms with Crippen LogP contribution >= 0.6 is 27.5 Å².